The second-order valence-electron chi connectivity index (χ2n) is 5.47. The molecular weight excluding hydrogens is 212 g/mol. The Hall–Kier alpha value is -0.570. The highest BCUT2D eigenvalue weighted by Gasteiger charge is 2.13. The van der Waals surface area contributed by atoms with Gasteiger partial charge in [0.2, 0.25) is 5.91 Å². The van der Waals surface area contributed by atoms with Gasteiger partial charge < -0.3 is 10.6 Å². The molecule has 1 amide bonds. The van der Waals surface area contributed by atoms with Crippen LogP contribution in [0.1, 0.15) is 65.2 Å². The van der Waals surface area contributed by atoms with Crippen molar-refractivity contribution in [1.29, 1.82) is 0 Å². The van der Waals surface area contributed by atoms with Gasteiger partial charge in [0.1, 0.15) is 0 Å². The molecular formula is C14H28N2O. The van der Waals surface area contributed by atoms with E-state index in [0.29, 0.717) is 18.5 Å². The molecule has 100 valence electrons. The van der Waals surface area contributed by atoms with Crippen molar-refractivity contribution in [2.24, 2.45) is 0 Å². The van der Waals surface area contributed by atoms with Crippen molar-refractivity contribution in [1.82, 2.24) is 10.6 Å². The van der Waals surface area contributed by atoms with Crippen molar-refractivity contribution < 1.29 is 4.79 Å². The average molecular weight is 240 g/mol. The topological polar surface area (TPSA) is 41.1 Å². The van der Waals surface area contributed by atoms with Gasteiger partial charge in [-0.2, -0.15) is 0 Å². The van der Waals surface area contributed by atoms with Crippen LogP contribution in [0.4, 0.5) is 0 Å². The van der Waals surface area contributed by atoms with Gasteiger partial charge in [0, 0.05) is 25.0 Å². The average Bonchev–Trinajstić information content (AvgIpc) is 2.21. The molecule has 0 unspecified atom stereocenters. The van der Waals surface area contributed by atoms with Crippen LogP contribution in [0.15, 0.2) is 0 Å². The van der Waals surface area contributed by atoms with Crippen molar-refractivity contribution in [2.75, 3.05) is 6.54 Å². The van der Waals surface area contributed by atoms with Crippen molar-refractivity contribution in [3.63, 3.8) is 0 Å². The van der Waals surface area contributed by atoms with Crippen LogP contribution < -0.4 is 10.6 Å². The predicted molar refractivity (Wildman–Crippen MR) is 72.0 cm³/mol. The molecule has 0 atom stereocenters. The fourth-order valence-electron chi connectivity index (χ4n) is 2.37. The summed E-state index contributed by atoms with van der Waals surface area (Å²) in [6, 6.07) is 0.894. The van der Waals surface area contributed by atoms with E-state index in [0.717, 1.165) is 6.54 Å². The summed E-state index contributed by atoms with van der Waals surface area (Å²) >= 11 is 0. The zero-order chi connectivity index (χ0) is 12.5. The lowest BCUT2D eigenvalue weighted by Crippen LogP contribution is -2.37. The van der Waals surface area contributed by atoms with Gasteiger partial charge in [-0.25, -0.2) is 0 Å². The maximum absolute atomic E-state index is 11.7. The van der Waals surface area contributed by atoms with Gasteiger partial charge in [0.25, 0.3) is 0 Å². The van der Waals surface area contributed by atoms with Gasteiger partial charge in [0.05, 0.1) is 0 Å². The number of carbonyl (C=O) groups excluding carboxylic acids is 1. The maximum Gasteiger partial charge on any atom is 0.221 e. The number of carbonyl (C=O) groups is 1. The molecule has 1 saturated carbocycles. The first-order chi connectivity index (χ1) is 8.18. The normalized spacial score (nSPS) is 18.8. The first-order valence-electron chi connectivity index (χ1n) is 7.21. The van der Waals surface area contributed by atoms with Crippen LogP contribution in [0.5, 0.6) is 0 Å². The second-order valence-corrected chi connectivity index (χ2v) is 5.47. The molecule has 0 aromatic rings. The minimum absolute atomic E-state index is 0.212. The van der Waals surface area contributed by atoms with E-state index in [1.807, 2.05) is 0 Å². The molecule has 0 radical (unpaired) electrons. The molecule has 0 aromatic carbocycles. The fourth-order valence-corrected chi connectivity index (χ4v) is 2.37. The van der Waals surface area contributed by atoms with Crippen LogP contribution in [0.2, 0.25) is 0 Å². The Bertz CT molecular complexity index is 208. The molecule has 0 heterocycles. The summed E-state index contributed by atoms with van der Waals surface area (Å²) in [5, 5.41) is 6.46. The maximum atomic E-state index is 11.7. The quantitative estimate of drug-likeness (QED) is 0.775. The van der Waals surface area contributed by atoms with E-state index in [-0.39, 0.29) is 5.91 Å². The summed E-state index contributed by atoms with van der Waals surface area (Å²) in [5.41, 5.74) is 0. The highest BCUT2D eigenvalue weighted by atomic mass is 16.1. The standard InChI is InChI=1S/C14H28N2O/c1-12(2)15-11-10-14(17)16-13-8-6-4-3-5-7-9-13/h12-13,15H,3-11H2,1-2H3,(H,16,17). The van der Waals surface area contributed by atoms with Crippen molar-refractivity contribution in [2.45, 2.75) is 77.3 Å². The first-order valence-corrected chi connectivity index (χ1v) is 7.21. The van der Waals surface area contributed by atoms with Gasteiger partial charge in [-0.3, -0.25) is 4.79 Å². The Morgan fingerprint density at radius 2 is 1.71 bits per heavy atom. The van der Waals surface area contributed by atoms with E-state index in [1.54, 1.807) is 0 Å². The summed E-state index contributed by atoms with van der Waals surface area (Å²) in [4.78, 5) is 11.7. The van der Waals surface area contributed by atoms with Crippen molar-refractivity contribution in [3.05, 3.63) is 0 Å². The summed E-state index contributed by atoms with van der Waals surface area (Å²) in [5.74, 6) is 0.212. The number of nitrogens with one attached hydrogen (secondary N) is 2. The number of rotatable bonds is 5. The Morgan fingerprint density at radius 3 is 2.29 bits per heavy atom. The lowest BCUT2D eigenvalue weighted by atomic mass is 9.96. The monoisotopic (exact) mass is 240 g/mol. The van der Waals surface area contributed by atoms with Gasteiger partial charge in [-0.15, -0.1) is 0 Å². The van der Waals surface area contributed by atoms with Gasteiger partial charge >= 0.3 is 0 Å². The highest BCUT2D eigenvalue weighted by Crippen LogP contribution is 2.17. The van der Waals surface area contributed by atoms with E-state index < -0.39 is 0 Å². The highest BCUT2D eigenvalue weighted by molar-refractivity contribution is 5.76. The Labute approximate surface area is 106 Å². The summed E-state index contributed by atoms with van der Waals surface area (Å²) in [7, 11) is 0. The van der Waals surface area contributed by atoms with E-state index in [2.05, 4.69) is 24.5 Å². The Balaban J connectivity index is 2.14. The number of amides is 1. The van der Waals surface area contributed by atoms with E-state index in [1.165, 1.54) is 44.9 Å². The van der Waals surface area contributed by atoms with E-state index >= 15 is 0 Å². The molecule has 17 heavy (non-hydrogen) atoms. The molecule has 0 saturated heterocycles. The molecule has 3 nitrogen and oxygen atoms in total. The number of hydrogen-bond donors (Lipinski definition) is 2. The fraction of sp³-hybridized carbons (Fsp3) is 0.929. The zero-order valence-electron chi connectivity index (χ0n) is 11.4. The van der Waals surface area contributed by atoms with Gasteiger partial charge in [-0.1, -0.05) is 46.0 Å². The number of hydrogen-bond acceptors (Lipinski definition) is 2. The minimum atomic E-state index is 0.212. The minimum Gasteiger partial charge on any atom is -0.353 e. The zero-order valence-corrected chi connectivity index (χ0v) is 11.4. The summed E-state index contributed by atoms with van der Waals surface area (Å²) in [6.45, 7) is 5.00. The third-order valence-corrected chi connectivity index (χ3v) is 3.37. The van der Waals surface area contributed by atoms with Crippen LogP contribution in [-0.2, 0) is 4.79 Å². The van der Waals surface area contributed by atoms with Crippen molar-refractivity contribution >= 4 is 5.91 Å². The van der Waals surface area contributed by atoms with Gasteiger partial charge in [-0.05, 0) is 12.8 Å². The molecule has 3 heteroatoms. The lowest BCUT2D eigenvalue weighted by molar-refractivity contribution is -0.121. The molecule has 1 rings (SSSR count). The molecule has 0 aliphatic heterocycles. The van der Waals surface area contributed by atoms with Crippen molar-refractivity contribution in [3.8, 4) is 0 Å². The molecule has 1 aliphatic rings. The first kappa shape index (κ1) is 14.5. The third kappa shape index (κ3) is 7.37. The molecule has 2 N–H and O–H groups in total. The van der Waals surface area contributed by atoms with E-state index in [9.17, 15) is 4.79 Å². The largest absolute Gasteiger partial charge is 0.353 e. The molecule has 1 fully saturated rings. The van der Waals surface area contributed by atoms with Crippen LogP contribution in [-0.4, -0.2) is 24.5 Å². The van der Waals surface area contributed by atoms with Crippen LogP contribution in [0.25, 0.3) is 0 Å². The smallest absolute Gasteiger partial charge is 0.221 e. The third-order valence-electron chi connectivity index (χ3n) is 3.37. The second kappa shape index (κ2) is 8.51. The van der Waals surface area contributed by atoms with Gasteiger partial charge in [0.15, 0.2) is 0 Å². The molecule has 0 spiro atoms. The summed E-state index contributed by atoms with van der Waals surface area (Å²) in [6.07, 6.45) is 9.54. The molecule has 0 bridgehead atoms. The SMILES string of the molecule is CC(C)NCCC(=O)NC1CCCCCCC1. The van der Waals surface area contributed by atoms with Crippen LogP contribution >= 0.6 is 0 Å². The summed E-state index contributed by atoms with van der Waals surface area (Å²) < 4.78 is 0. The molecule has 0 aromatic heterocycles. The van der Waals surface area contributed by atoms with Crippen LogP contribution in [0, 0.1) is 0 Å². The predicted octanol–water partition coefficient (Wildman–Crippen LogP) is 2.60. The van der Waals surface area contributed by atoms with Crippen LogP contribution in [0.3, 0.4) is 0 Å². The lowest BCUT2D eigenvalue weighted by Gasteiger charge is -2.21. The van der Waals surface area contributed by atoms with E-state index in [4.69, 9.17) is 0 Å². The Kier molecular flexibility index (Phi) is 7.25. The Morgan fingerprint density at radius 1 is 1.12 bits per heavy atom. The molecule has 1 aliphatic carbocycles.